The molecule has 0 aliphatic carbocycles. The summed E-state index contributed by atoms with van der Waals surface area (Å²) in [6.45, 7) is 0.318. The first-order valence-corrected chi connectivity index (χ1v) is 6.39. The molecule has 0 saturated carbocycles. The van der Waals surface area contributed by atoms with Crippen molar-refractivity contribution >= 4 is 22.8 Å². The van der Waals surface area contributed by atoms with Crippen LogP contribution in [-0.4, -0.2) is 8.75 Å². The maximum Gasteiger partial charge on any atom is 0.171 e. The molecule has 2 aromatic carbocycles. The van der Waals surface area contributed by atoms with Gasteiger partial charge >= 0.3 is 0 Å². The van der Waals surface area contributed by atoms with Crippen LogP contribution in [-0.2, 0) is 11.5 Å². The molecule has 1 aliphatic rings. The first kappa shape index (κ1) is 10.8. The second-order valence-corrected chi connectivity index (χ2v) is 4.74. The van der Waals surface area contributed by atoms with Gasteiger partial charge in [0.2, 0.25) is 0 Å². The van der Waals surface area contributed by atoms with Crippen molar-refractivity contribution < 1.29 is 14.2 Å². The Morgan fingerprint density at radius 2 is 1.95 bits per heavy atom. The summed E-state index contributed by atoms with van der Waals surface area (Å²) in [7, 11) is 0. The third-order valence-corrected chi connectivity index (χ3v) is 3.67. The van der Waals surface area contributed by atoms with Crippen molar-refractivity contribution in [3.8, 4) is 16.9 Å². The molecular weight excluding hydrogens is 267 g/mol. The Kier molecular flexibility index (Phi) is 2.27. The number of hydrogen-bond acceptors (Lipinski definition) is 5. The molecule has 4 rings (SSSR count). The van der Waals surface area contributed by atoms with Gasteiger partial charge in [-0.2, -0.15) is 13.6 Å². The van der Waals surface area contributed by atoms with Crippen LogP contribution in [0.15, 0.2) is 30.3 Å². The highest BCUT2D eigenvalue weighted by atomic mass is 32.1. The normalized spacial score (nSPS) is 13.5. The molecule has 0 unspecified atom stereocenters. The number of aromatic nitrogens is 2. The summed E-state index contributed by atoms with van der Waals surface area (Å²) in [5.74, 6) is 0.314. The summed E-state index contributed by atoms with van der Waals surface area (Å²) in [4.78, 5) is 9.97. The fraction of sp³-hybridized carbons (Fsp3) is 0.0769. The van der Waals surface area contributed by atoms with Crippen LogP contribution in [0, 0.1) is 5.82 Å². The molecule has 3 aromatic rings. The van der Waals surface area contributed by atoms with Gasteiger partial charge in [0.15, 0.2) is 5.75 Å². The van der Waals surface area contributed by atoms with Crippen LogP contribution in [0.4, 0.5) is 4.39 Å². The molecule has 94 valence electrons. The molecule has 0 fully saturated rings. The van der Waals surface area contributed by atoms with Gasteiger partial charge in [-0.15, -0.1) is 0 Å². The van der Waals surface area contributed by atoms with Crippen LogP contribution < -0.4 is 4.89 Å². The van der Waals surface area contributed by atoms with Crippen LogP contribution >= 0.6 is 11.7 Å². The van der Waals surface area contributed by atoms with Gasteiger partial charge in [0, 0.05) is 17.2 Å². The van der Waals surface area contributed by atoms with Crippen LogP contribution in [0.3, 0.4) is 0 Å². The number of nitrogens with zero attached hydrogens (tertiary/aromatic N) is 2. The predicted molar refractivity (Wildman–Crippen MR) is 68.2 cm³/mol. The van der Waals surface area contributed by atoms with E-state index < -0.39 is 0 Å². The third-order valence-electron chi connectivity index (χ3n) is 3.12. The zero-order valence-electron chi connectivity index (χ0n) is 9.59. The molecule has 0 atom stereocenters. The van der Waals surface area contributed by atoms with Crippen LogP contribution in [0.25, 0.3) is 22.2 Å². The smallest absolute Gasteiger partial charge is 0.171 e. The van der Waals surface area contributed by atoms with Crippen molar-refractivity contribution in [2.24, 2.45) is 0 Å². The predicted octanol–water partition coefficient (Wildman–Crippen LogP) is 3.32. The second kappa shape index (κ2) is 3.97. The average Bonchev–Trinajstić information content (AvgIpc) is 3.04. The topological polar surface area (TPSA) is 44.2 Å². The van der Waals surface area contributed by atoms with E-state index in [0.717, 1.165) is 22.9 Å². The van der Waals surface area contributed by atoms with Gasteiger partial charge in [-0.25, -0.2) is 4.39 Å². The van der Waals surface area contributed by atoms with Crippen molar-refractivity contribution in [1.29, 1.82) is 0 Å². The molecule has 1 aliphatic heterocycles. The molecular formula is C13H7FN2O2S. The zero-order valence-corrected chi connectivity index (χ0v) is 10.4. The summed E-state index contributed by atoms with van der Waals surface area (Å²) in [5.41, 5.74) is 3.38. The van der Waals surface area contributed by atoms with E-state index in [0.29, 0.717) is 29.0 Å². The Hall–Kier alpha value is -2.05. The third kappa shape index (κ3) is 1.61. The fourth-order valence-electron chi connectivity index (χ4n) is 2.21. The molecule has 0 radical (unpaired) electrons. The quantitative estimate of drug-likeness (QED) is 0.638. The minimum absolute atomic E-state index is 0.318. The molecule has 0 bridgehead atoms. The van der Waals surface area contributed by atoms with E-state index in [-0.39, 0.29) is 5.82 Å². The summed E-state index contributed by atoms with van der Waals surface area (Å²) < 4.78 is 22.4. The largest absolute Gasteiger partial charge is 0.337 e. The first-order chi connectivity index (χ1) is 9.33. The van der Waals surface area contributed by atoms with Crippen molar-refractivity contribution in [3.05, 3.63) is 41.7 Å². The van der Waals surface area contributed by atoms with Crippen molar-refractivity contribution in [1.82, 2.24) is 8.75 Å². The van der Waals surface area contributed by atoms with Crippen molar-refractivity contribution in [3.63, 3.8) is 0 Å². The van der Waals surface area contributed by atoms with Crippen molar-refractivity contribution in [2.45, 2.75) is 6.61 Å². The maximum absolute atomic E-state index is 14.2. The minimum atomic E-state index is -0.319. The highest BCUT2D eigenvalue weighted by Gasteiger charge is 2.20. The first-order valence-electron chi connectivity index (χ1n) is 5.66. The van der Waals surface area contributed by atoms with Crippen LogP contribution in [0.5, 0.6) is 5.75 Å². The van der Waals surface area contributed by atoms with Gasteiger partial charge in [-0.1, -0.05) is 12.1 Å². The molecule has 0 N–H and O–H groups in total. The Balaban J connectivity index is 1.99. The summed E-state index contributed by atoms with van der Waals surface area (Å²) >= 11 is 1.07. The highest BCUT2D eigenvalue weighted by molar-refractivity contribution is 7.00. The monoisotopic (exact) mass is 274 g/mol. The van der Waals surface area contributed by atoms with Gasteiger partial charge in [-0.3, -0.25) is 0 Å². The van der Waals surface area contributed by atoms with Gasteiger partial charge < -0.3 is 4.89 Å². The number of rotatable bonds is 1. The lowest BCUT2D eigenvalue weighted by Crippen LogP contribution is -1.90. The molecule has 0 spiro atoms. The van der Waals surface area contributed by atoms with E-state index in [2.05, 4.69) is 8.75 Å². The standard InChI is InChI=1S/C13H7FN2O2S/c14-10-5-12-11(15-19-16-12)4-8(10)7-2-1-3-13-9(7)6-17-18-13/h1-5H,6H2. The molecule has 4 nitrogen and oxygen atoms in total. The Bertz CT molecular complexity index is 787. The molecule has 0 amide bonds. The summed E-state index contributed by atoms with van der Waals surface area (Å²) in [6, 6.07) is 8.58. The second-order valence-electron chi connectivity index (χ2n) is 4.21. The number of hydrogen-bond donors (Lipinski definition) is 0. The SMILES string of the molecule is Fc1cc2nsnc2cc1-c1cccc2c1COO2. The highest BCUT2D eigenvalue weighted by Crippen LogP contribution is 2.37. The van der Waals surface area contributed by atoms with Crippen LogP contribution in [0.1, 0.15) is 5.56 Å². The molecule has 19 heavy (non-hydrogen) atoms. The molecule has 6 heteroatoms. The lowest BCUT2D eigenvalue weighted by Gasteiger charge is -2.06. The van der Waals surface area contributed by atoms with E-state index in [1.807, 2.05) is 12.1 Å². The van der Waals surface area contributed by atoms with Crippen molar-refractivity contribution in [2.75, 3.05) is 0 Å². The van der Waals surface area contributed by atoms with Crippen LogP contribution in [0.2, 0.25) is 0 Å². The Morgan fingerprint density at radius 3 is 2.84 bits per heavy atom. The van der Waals surface area contributed by atoms with E-state index >= 15 is 0 Å². The minimum Gasteiger partial charge on any atom is -0.337 e. The van der Waals surface area contributed by atoms with E-state index in [4.69, 9.17) is 9.78 Å². The average molecular weight is 274 g/mol. The summed E-state index contributed by atoms with van der Waals surface area (Å²) in [5, 5.41) is 0. The van der Waals surface area contributed by atoms with E-state index in [1.54, 1.807) is 12.1 Å². The molecule has 2 heterocycles. The maximum atomic E-state index is 14.2. The Morgan fingerprint density at radius 1 is 1.11 bits per heavy atom. The van der Waals surface area contributed by atoms with E-state index in [9.17, 15) is 4.39 Å². The number of halogens is 1. The zero-order chi connectivity index (χ0) is 12.8. The summed E-state index contributed by atoms with van der Waals surface area (Å²) in [6.07, 6.45) is 0. The van der Waals surface area contributed by atoms with Gasteiger partial charge in [-0.05, 0) is 17.7 Å². The lowest BCUT2D eigenvalue weighted by molar-refractivity contribution is -0.194. The molecule has 1 aromatic heterocycles. The van der Waals surface area contributed by atoms with Gasteiger partial charge in [0.05, 0.1) is 11.7 Å². The number of benzene rings is 2. The lowest BCUT2D eigenvalue weighted by atomic mass is 9.98. The van der Waals surface area contributed by atoms with E-state index in [1.165, 1.54) is 6.07 Å². The Labute approximate surface area is 111 Å². The fourth-order valence-corrected chi connectivity index (χ4v) is 2.72. The van der Waals surface area contributed by atoms with Gasteiger partial charge in [0.25, 0.3) is 0 Å². The number of fused-ring (bicyclic) bond motifs is 2. The van der Waals surface area contributed by atoms with Gasteiger partial charge in [0.1, 0.15) is 23.5 Å². The molecule has 0 saturated heterocycles.